The number of nitrogens with zero attached hydrogens (tertiary/aromatic N) is 1. The van der Waals surface area contributed by atoms with E-state index in [2.05, 4.69) is 11.9 Å². The molecule has 0 aromatic heterocycles. The van der Waals surface area contributed by atoms with Gasteiger partial charge >= 0.3 is 0 Å². The Morgan fingerprint density at radius 1 is 1.32 bits per heavy atom. The van der Waals surface area contributed by atoms with Gasteiger partial charge in [0, 0.05) is 6.54 Å². The fourth-order valence-corrected chi connectivity index (χ4v) is 2.26. The minimum atomic E-state index is -0.728. The molecule has 1 aliphatic rings. The first-order valence-electron chi connectivity index (χ1n) is 5.94. The van der Waals surface area contributed by atoms with Crippen molar-refractivity contribution in [1.82, 2.24) is 10.2 Å². The summed E-state index contributed by atoms with van der Waals surface area (Å²) in [5.74, 6) is -1.33. The van der Waals surface area contributed by atoms with Crippen LogP contribution in [0.1, 0.15) is 5.56 Å². The highest BCUT2D eigenvalue weighted by atomic mass is 32.1. The summed E-state index contributed by atoms with van der Waals surface area (Å²) in [4.78, 5) is 25.5. The first kappa shape index (κ1) is 13.4. The van der Waals surface area contributed by atoms with Crippen molar-refractivity contribution in [1.29, 1.82) is 0 Å². The Hall–Kier alpha value is -2.01. The van der Waals surface area contributed by atoms with Crippen LogP contribution < -0.4 is 5.32 Å². The highest BCUT2D eigenvalue weighted by Gasteiger charge is 2.37. The summed E-state index contributed by atoms with van der Waals surface area (Å²) in [7, 11) is 0. The van der Waals surface area contributed by atoms with Gasteiger partial charge in [0.2, 0.25) is 11.8 Å². The summed E-state index contributed by atoms with van der Waals surface area (Å²) in [6.45, 7) is 3.89. The van der Waals surface area contributed by atoms with Gasteiger partial charge in [0.15, 0.2) is 5.11 Å². The second-order valence-electron chi connectivity index (χ2n) is 4.27. The lowest BCUT2D eigenvalue weighted by atomic mass is 9.96. The number of carbonyl (C=O) groups excluding carboxylic acids is 2. The molecule has 1 aromatic rings. The van der Waals surface area contributed by atoms with Crippen molar-refractivity contribution in [3.63, 3.8) is 0 Å². The van der Waals surface area contributed by atoms with Crippen molar-refractivity contribution in [2.75, 3.05) is 6.54 Å². The van der Waals surface area contributed by atoms with Crippen molar-refractivity contribution >= 4 is 29.1 Å². The fourth-order valence-electron chi connectivity index (χ4n) is 1.99. The minimum absolute atomic E-state index is 0.152. The number of nitrogens with one attached hydrogen (secondary N) is 1. The first-order valence-corrected chi connectivity index (χ1v) is 6.35. The van der Waals surface area contributed by atoms with Crippen molar-refractivity contribution in [3.05, 3.63) is 48.6 Å². The Kier molecular flexibility index (Phi) is 4.06. The summed E-state index contributed by atoms with van der Waals surface area (Å²) >= 11 is 4.99. The van der Waals surface area contributed by atoms with E-state index in [1.165, 1.54) is 4.90 Å². The van der Waals surface area contributed by atoms with Crippen molar-refractivity contribution in [2.24, 2.45) is 5.92 Å². The smallest absolute Gasteiger partial charge is 0.241 e. The molecule has 1 atom stereocenters. The van der Waals surface area contributed by atoms with Crippen LogP contribution >= 0.6 is 12.2 Å². The third-order valence-corrected chi connectivity index (χ3v) is 3.27. The van der Waals surface area contributed by atoms with Crippen LogP contribution in [0.15, 0.2) is 43.0 Å². The molecule has 0 aliphatic carbocycles. The second kappa shape index (κ2) is 5.75. The predicted octanol–water partition coefficient (Wildman–Crippen LogP) is 1.27. The van der Waals surface area contributed by atoms with Crippen LogP contribution in [0.5, 0.6) is 0 Å². The van der Waals surface area contributed by atoms with Crippen molar-refractivity contribution in [2.45, 2.75) is 6.42 Å². The average molecular weight is 274 g/mol. The van der Waals surface area contributed by atoms with E-state index in [1.54, 1.807) is 6.08 Å². The van der Waals surface area contributed by atoms with Crippen LogP contribution in [0.3, 0.4) is 0 Å². The van der Waals surface area contributed by atoms with Crippen LogP contribution in [0.4, 0.5) is 0 Å². The van der Waals surface area contributed by atoms with Crippen LogP contribution in [-0.2, 0) is 16.0 Å². The highest BCUT2D eigenvalue weighted by molar-refractivity contribution is 7.80. The van der Waals surface area contributed by atoms with Crippen molar-refractivity contribution < 1.29 is 9.59 Å². The summed E-state index contributed by atoms with van der Waals surface area (Å²) in [6.07, 6.45) is 1.96. The molecule has 19 heavy (non-hydrogen) atoms. The molecule has 1 heterocycles. The predicted molar refractivity (Wildman–Crippen MR) is 76.3 cm³/mol. The molecule has 2 rings (SSSR count). The van der Waals surface area contributed by atoms with Gasteiger partial charge in [-0.2, -0.15) is 0 Å². The zero-order valence-corrected chi connectivity index (χ0v) is 11.2. The molecule has 2 amide bonds. The number of amides is 2. The number of benzene rings is 1. The van der Waals surface area contributed by atoms with E-state index >= 15 is 0 Å². The maximum absolute atomic E-state index is 12.3. The maximum atomic E-state index is 12.3. The van der Waals surface area contributed by atoms with E-state index in [-0.39, 0.29) is 16.9 Å². The van der Waals surface area contributed by atoms with Crippen LogP contribution in [-0.4, -0.2) is 28.4 Å². The highest BCUT2D eigenvalue weighted by Crippen LogP contribution is 2.16. The van der Waals surface area contributed by atoms with Gasteiger partial charge in [-0.05, 0) is 24.2 Å². The van der Waals surface area contributed by atoms with E-state index in [0.29, 0.717) is 13.0 Å². The van der Waals surface area contributed by atoms with E-state index < -0.39 is 5.92 Å². The largest absolute Gasteiger partial charge is 0.302 e. The van der Waals surface area contributed by atoms with Gasteiger partial charge in [-0.1, -0.05) is 36.4 Å². The monoisotopic (exact) mass is 274 g/mol. The first-order chi connectivity index (χ1) is 9.13. The molecule has 5 heteroatoms. The molecule has 1 fully saturated rings. The van der Waals surface area contributed by atoms with Crippen LogP contribution in [0, 0.1) is 5.92 Å². The molecule has 1 aromatic carbocycles. The molecule has 1 aliphatic heterocycles. The number of hydrogen-bond acceptors (Lipinski definition) is 3. The molecule has 98 valence electrons. The van der Waals surface area contributed by atoms with Gasteiger partial charge in [0.05, 0.1) is 0 Å². The summed E-state index contributed by atoms with van der Waals surface area (Å²) in [5, 5.41) is 2.72. The Labute approximate surface area is 117 Å². The van der Waals surface area contributed by atoms with E-state index in [0.717, 1.165) is 5.56 Å². The standard InChI is InChI=1S/C14H14N2O2S/c1-2-8-16-13(18)11(12(17)15-14(16)19)9-10-6-4-3-5-7-10/h2-7,11H,1,8-9H2,(H,15,17,19). The van der Waals surface area contributed by atoms with Gasteiger partial charge in [0.25, 0.3) is 0 Å². The topological polar surface area (TPSA) is 49.4 Å². The quantitative estimate of drug-likeness (QED) is 0.511. The number of hydrogen-bond donors (Lipinski definition) is 1. The van der Waals surface area contributed by atoms with E-state index in [1.807, 2.05) is 30.3 Å². The molecule has 4 nitrogen and oxygen atoms in total. The third kappa shape index (κ3) is 2.88. The zero-order chi connectivity index (χ0) is 13.8. The molecule has 0 bridgehead atoms. The number of rotatable bonds is 4. The maximum Gasteiger partial charge on any atom is 0.241 e. The third-order valence-electron chi connectivity index (χ3n) is 2.95. The van der Waals surface area contributed by atoms with Crippen LogP contribution in [0.25, 0.3) is 0 Å². The van der Waals surface area contributed by atoms with Gasteiger partial charge < -0.3 is 5.32 Å². The molecular weight excluding hydrogens is 260 g/mol. The fraction of sp³-hybridized carbons (Fsp3) is 0.214. The number of thiocarbonyl (C=S) groups is 1. The molecule has 0 spiro atoms. The molecule has 1 unspecified atom stereocenters. The second-order valence-corrected chi connectivity index (χ2v) is 4.66. The lowest BCUT2D eigenvalue weighted by molar-refractivity contribution is -0.140. The average Bonchev–Trinajstić information content (AvgIpc) is 2.41. The Morgan fingerprint density at radius 2 is 2.00 bits per heavy atom. The zero-order valence-electron chi connectivity index (χ0n) is 10.3. The summed E-state index contributed by atoms with van der Waals surface area (Å²) in [6, 6.07) is 9.45. The normalized spacial score (nSPS) is 19.3. The number of carbonyl (C=O) groups is 2. The molecule has 0 radical (unpaired) electrons. The lowest BCUT2D eigenvalue weighted by Crippen LogP contribution is -2.58. The van der Waals surface area contributed by atoms with Gasteiger partial charge in [-0.15, -0.1) is 6.58 Å². The molecule has 1 saturated heterocycles. The Morgan fingerprint density at radius 3 is 2.63 bits per heavy atom. The Bertz CT molecular complexity index is 528. The Balaban J connectivity index is 2.19. The minimum Gasteiger partial charge on any atom is -0.302 e. The summed E-state index contributed by atoms with van der Waals surface area (Å²) in [5.41, 5.74) is 0.947. The SMILES string of the molecule is C=CCN1C(=O)C(Cc2ccccc2)C(=O)NC1=S. The molecule has 1 N–H and O–H groups in total. The van der Waals surface area contributed by atoms with E-state index in [4.69, 9.17) is 12.2 Å². The molecule has 0 saturated carbocycles. The van der Waals surface area contributed by atoms with Crippen molar-refractivity contribution in [3.8, 4) is 0 Å². The van der Waals surface area contributed by atoms with Gasteiger partial charge in [-0.25, -0.2) is 0 Å². The van der Waals surface area contributed by atoms with Gasteiger partial charge in [0.1, 0.15) is 5.92 Å². The lowest BCUT2D eigenvalue weighted by Gasteiger charge is -2.31. The van der Waals surface area contributed by atoms with E-state index in [9.17, 15) is 9.59 Å². The van der Waals surface area contributed by atoms with Crippen LogP contribution in [0.2, 0.25) is 0 Å². The summed E-state index contributed by atoms with van der Waals surface area (Å²) < 4.78 is 0. The molecular formula is C14H14N2O2S. The van der Waals surface area contributed by atoms with Gasteiger partial charge in [-0.3, -0.25) is 14.5 Å².